The number of piperidine rings is 1. The lowest BCUT2D eigenvalue weighted by Gasteiger charge is -2.28. The number of likely N-dealkylation sites (tertiary alicyclic amines) is 1. The van der Waals surface area contributed by atoms with Crippen LogP contribution in [0.3, 0.4) is 0 Å². The van der Waals surface area contributed by atoms with Crippen LogP contribution < -0.4 is 20.9 Å². The molecule has 4 N–H and O–H groups in total. The fourth-order valence-electron chi connectivity index (χ4n) is 3.25. The minimum absolute atomic E-state index is 0.0204. The Morgan fingerprint density at radius 3 is 2.46 bits per heavy atom. The third-order valence-corrected chi connectivity index (χ3v) is 4.77. The molecular weight excluding hydrogens is 360 g/mol. The van der Waals surface area contributed by atoms with E-state index in [1.807, 2.05) is 30.3 Å². The Labute approximate surface area is 163 Å². The summed E-state index contributed by atoms with van der Waals surface area (Å²) in [4.78, 5) is 37.2. The maximum Gasteiger partial charge on any atom is 0.321 e. The standard InChI is InChI=1S/C20H24N4O4/c25-18(23-20(27)21-13-17-7-4-12-28-17)14-24-10-8-15(9-11-24)19(26)22-16-5-2-1-3-6-16/h1-7,12,15H,8-11,13-14H2,(H,22,26)(H2,21,23,25,27)/p+1. The normalized spacial score (nSPS) is 18.9. The number of nitrogens with one attached hydrogen (secondary N) is 4. The molecule has 8 nitrogen and oxygen atoms in total. The first-order valence-corrected chi connectivity index (χ1v) is 9.39. The number of carbonyl (C=O) groups excluding carboxylic acids is 3. The van der Waals surface area contributed by atoms with Crippen molar-refractivity contribution in [3.8, 4) is 0 Å². The molecule has 0 aliphatic carbocycles. The van der Waals surface area contributed by atoms with Gasteiger partial charge in [0.25, 0.3) is 5.91 Å². The predicted octanol–water partition coefficient (Wildman–Crippen LogP) is 0.539. The largest absolute Gasteiger partial charge is 0.467 e. The van der Waals surface area contributed by atoms with E-state index in [-0.39, 0.29) is 30.8 Å². The second-order valence-electron chi connectivity index (χ2n) is 6.87. The second-order valence-corrected chi connectivity index (χ2v) is 6.87. The summed E-state index contributed by atoms with van der Waals surface area (Å²) in [7, 11) is 0. The first-order chi connectivity index (χ1) is 13.6. The van der Waals surface area contributed by atoms with E-state index in [9.17, 15) is 14.4 Å². The first-order valence-electron chi connectivity index (χ1n) is 9.39. The van der Waals surface area contributed by atoms with E-state index in [4.69, 9.17) is 4.42 Å². The number of anilines is 1. The van der Waals surface area contributed by atoms with Crippen molar-refractivity contribution in [2.45, 2.75) is 19.4 Å². The van der Waals surface area contributed by atoms with Crippen LogP contribution in [0, 0.1) is 5.92 Å². The second kappa shape index (κ2) is 9.70. The monoisotopic (exact) mass is 385 g/mol. The Hall–Kier alpha value is -3.13. The zero-order valence-corrected chi connectivity index (χ0v) is 15.6. The molecule has 0 bridgehead atoms. The fraction of sp³-hybridized carbons (Fsp3) is 0.350. The van der Waals surface area contributed by atoms with E-state index < -0.39 is 6.03 Å². The minimum Gasteiger partial charge on any atom is -0.467 e. The molecule has 1 aromatic carbocycles. The van der Waals surface area contributed by atoms with E-state index in [0.29, 0.717) is 31.7 Å². The van der Waals surface area contributed by atoms with Gasteiger partial charge in [-0.3, -0.25) is 14.9 Å². The van der Waals surface area contributed by atoms with Crippen LogP contribution >= 0.6 is 0 Å². The highest BCUT2D eigenvalue weighted by molar-refractivity contribution is 5.94. The van der Waals surface area contributed by atoms with Crippen LogP contribution in [0.1, 0.15) is 18.6 Å². The van der Waals surface area contributed by atoms with Gasteiger partial charge in [0.1, 0.15) is 5.76 Å². The summed E-state index contributed by atoms with van der Waals surface area (Å²) in [6.45, 7) is 1.87. The molecule has 1 aliphatic rings. The van der Waals surface area contributed by atoms with Crippen LogP contribution in [0.2, 0.25) is 0 Å². The van der Waals surface area contributed by atoms with Crippen LogP contribution in [-0.2, 0) is 16.1 Å². The number of hydrogen-bond donors (Lipinski definition) is 4. The van der Waals surface area contributed by atoms with Crippen LogP contribution in [0.25, 0.3) is 0 Å². The summed E-state index contributed by atoms with van der Waals surface area (Å²) in [5.74, 6) is 0.249. The molecule has 1 aliphatic heterocycles. The van der Waals surface area contributed by atoms with Gasteiger partial charge in [0, 0.05) is 24.4 Å². The summed E-state index contributed by atoms with van der Waals surface area (Å²) in [6.07, 6.45) is 2.95. The van der Waals surface area contributed by atoms with Crippen molar-refractivity contribution < 1.29 is 23.7 Å². The molecule has 28 heavy (non-hydrogen) atoms. The number of rotatable bonds is 6. The number of amides is 4. The van der Waals surface area contributed by atoms with Crippen molar-refractivity contribution in [1.82, 2.24) is 10.6 Å². The van der Waals surface area contributed by atoms with Gasteiger partial charge in [-0.05, 0) is 24.3 Å². The van der Waals surface area contributed by atoms with Crippen molar-refractivity contribution in [1.29, 1.82) is 0 Å². The number of imide groups is 1. The van der Waals surface area contributed by atoms with Crippen molar-refractivity contribution in [3.63, 3.8) is 0 Å². The fourth-order valence-corrected chi connectivity index (χ4v) is 3.25. The molecule has 0 radical (unpaired) electrons. The van der Waals surface area contributed by atoms with Gasteiger partial charge in [0.2, 0.25) is 5.91 Å². The lowest BCUT2D eigenvalue weighted by Crippen LogP contribution is -3.14. The summed E-state index contributed by atoms with van der Waals surface area (Å²) in [6, 6.07) is 12.3. The zero-order chi connectivity index (χ0) is 19.8. The highest BCUT2D eigenvalue weighted by Crippen LogP contribution is 2.14. The van der Waals surface area contributed by atoms with E-state index in [1.54, 1.807) is 12.1 Å². The van der Waals surface area contributed by atoms with Crippen LogP contribution in [0.5, 0.6) is 0 Å². The third kappa shape index (κ3) is 5.95. The van der Waals surface area contributed by atoms with E-state index in [0.717, 1.165) is 10.6 Å². The van der Waals surface area contributed by atoms with Crippen LogP contribution in [-0.4, -0.2) is 37.5 Å². The van der Waals surface area contributed by atoms with Gasteiger partial charge in [-0.15, -0.1) is 0 Å². The lowest BCUT2D eigenvalue weighted by atomic mass is 9.96. The van der Waals surface area contributed by atoms with Crippen molar-refractivity contribution in [2.75, 3.05) is 25.0 Å². The Morgan fingerprint density at radius 2 is 1.79 bits per heavy atom. The Morgan fingerprint density at radius 1 is 1.04 bits per heavy atom. The molecule has 2 heterocycles. The number of urea groups is 1. The maximum atomic E-state index is 12.4. The molecule has 148 valence electrons. The highest BCUT2D eigenvalue weighted by Gasteiger charge is 2.28. The average molecular weight is 385 g/mol. The smallest absolute Gasteiger partial charge is 0.321 e. The van der Waals surface area contributed by atoms with Gasteiger partial charge in [0.15, 0.2) is 6.54 Å². The number of carbonyl (C=O) groups is 3. The lowest BCUT2D eigenvalue weighted by molar-refractivity contribution is -0.897. The third-order valence-electron chi connectivity index (χ3n) is 4.77. The first kappa shape index (κ1) is 19.6. The van der Waals surface area contributed by atoms with Crippen LogP contribution in [0.4, 0.5) is 10.5 Å². The molecule has 0 atom stereocenters. The minimum atomic E-state index is -0.544. The molecular formula is C20H25N4O4+. The Kier molecular flexibility index (Phi) is 6.80. The van der Waals surface area contributed by atoms with E-state index in [1.165, 1.54) is 6.26 Å². The highest BCUT2D eigenvalue weighted by atomic mass is 16.3. The number of para-hydroxylation sites is 1. The quantitative estimate of drug-likeness (QED) is 0.582. The van der Waals surface area contributed by atoms with Gasteiger partial charge < -0.3 is 20.0 Å². The van der Waals surface area contributed by atoms with Gasteiger partial charge >= 0.3 is 6.03 Å². The summed E-state index contributed by atoms with van der Waals surface area (Å²) in [5, 5.41) is 7.83. The van der Waals surface area contributed by atoms with Crippen LogP contribution in [0.15, 0.2) is 53.1 Å². The summed E-state index contributed by atoms with van der Waals surface area (Å²) >= 11 is 0. The Balaban J connectivity index is 1.34. The van der Waals surface area contributed by atoms with Gasteiger partial charge in [-0.1, -0.05) is 18.2 Å². The van der Waals surface area contributed by atoms with E-state index in [2.05, 4.69) is 16.0 Å². The van der Waals surface area contributed by atoms with Gasteiger partial charge in [0.05, 0.1) is 25.9 Å². The Bertz CT molecular complexity index is 784. The number of benzene rings is 1. The molecule has 0 spiro atoms. The number of furan rings is 1. The molecule has 0 unspecified atom stereocenters. The predicted molar refractivity (Wildman–Crippen MR) is 102 cm³/mol. The zero-order valence-electron chi connectivity index (χ0n) is 15.6. The molecule has 1 aromatic heterocycles. The average Bonchev–Trinajstić information content (AvgIpc) is 3.21. The molecule has 4 amide bonds. The molecule has 3 rings (SSSR count). The van der Waals surface area contributed by atoms with Gasteiger partial charge in [-0.25, -0.2) is 4.79 Å². The SMILES string of the molecule is O=C(C[NH+]1CCC(C(=O)Nc2ccccc2)CC1)NC(=O)NCc1ccco1. The van der Waals surface area contributed by atoms with E-state index >= 15 is 0 Å². The van der Waals surface area contributed by atoms with Crippen molar-refractivity contribution in [2.24, 2.45) is 5.92 Å². The molecule has 2 aromatic rings. The summed E-state index contributed by atoms with van der Waals surface area (Å²) in [5.41, 5.74) is 0.794. The molecule has 1 fully saturated rings. The number of hydrogen-bond acceptors (Lipinski definition) is 4. The molecule has 1 saturated heterocycles. The van der Waals surface area contributed by atoms with Crippen molar-refractivity contribution in [3.05, 3.63) is 54.5 Å². The topological polar surface area (TPSA) is 105 Å². The van der Waals surface area contributed by atoms with Crippen molar-refractivity contribution >= 4 is 23.5 Å². The molecule has 8 heteroatoms. The maximum absolute atomic E-state index is 12.4. The van der Waals surface area contributed by atoms with Gasteiger partial charge in [-0.2, -0.15) is 0 Å². The number of quaternary nitrogens is 1. The molecule has 0 saturated carbocycles. The summed E-state index contributed by atoms with van der Waals surface area (Å²) < 4.78 is 5.11.